The number of benzene rings is 2. The normalized spacial score (nSPS) is 11.2. The molecule has 20 heavy (non-hydrogen) atoms. The first kappa shape index (κ1) is 14.7. The number of nitrogens with zero attached hydrogens (tertiary/aromatic N) is 2. The molecule has 4 heteroatoms. The van der Waals surface area contributed by atoms with Gasteiger partial charge in [0.05, 0.1) is 10.2 Å². The highest BCUT2D eigenvalue weighted by atomic mass is 79.9. The maximum Gasteiger partial charge on any atom is 0.157 e. The highest BCUT2D eigenvalue weighted by molar-refractivity contribution is 9.10. The van der Waals surface area contributed by atoms with Gasteiger partial charge in [-0.15, -0.1) is 5.11 Å². The van der Waals surface area contributed by atoms with Crippen molar-refractivity contribution in [2.24, 2.45) is 10.2 Å². The molecule has 3 nitrogen and oxygen atoms in total. The lowest BCUT2D eigenvalue weighted by Gasteiger charge is -2.05. The van der Waals surface area contributed by atoms with E-state index < -0.39 is 0 Å². The Kier molecular flexibility index (Phi) is 4.55. The van der Waals surface area contributed by atoms with E-state index >= 15 is 0 Å². The van der Waals surface area contributed by atoms with E-state index in [1.807, 2.05) is 38.1 Å². The van der Waals surface area contributed by atoms with E-state index in [1.54, 1.807) is 0 Å². The number of aromatic hydroxyl groups is 1. The Morgan fingerprint density at radius 2 is 1.75 bits per heavy atom. The van der Waals surface area contributed by atoms with Crippen molar-refractivity contribution in [2.75, 3.05) is 0 Å². The molecule has 0 aromatic heterocycles. The summed E-state index contributed by atoms with van der Waals surface area (Å²) in [5, 5.41) is 18.4. The Hall–Kier alpha value is -1.68. The van der Waals surface area contributed by atoms with Crippen molar-refractivity contribution < 1.29 is 5.11 Å². The Morgan fingerprint density at radius 3 is 2.40 bits per heavy atom. The molecule has 104 valence electrons. The van der Waals surface area contributed by atoms with E-state index in [1.165, 1.54) is 5.56 Å². The first-order chi connectivity index (χ1) is 9.51. The van der Waals surface area contributed by atoms with E-state index in [0.717, 1.165) is 23.2 Å². The molecule has 0 aliphatic heterocycles. The lowest BCUT2D eigenvalue weighted by Crippen LogP contribution is -1.81. The maximum atomic E-state index is 10.0. The number of aryl methyl sites for hydroxylation is 3. The third-order valence-corrected chi connectivity index (χ3v) is 3.73. The van der Waals surface area contributed by atoms with Gasteiger partial charge in [0.2, 0.25) is 0 Å². The minimum absolute atomic E-state index is 0.121. The molecule has 0 atom stereocenters. The van der Waals surface area contributed by atoms with Crippen LogP contribution in [-0.2, 0) is 6.42 Å². The summed E-state index contributed by atoms with van der Waals surface area (Å²) >= 11 is 3.34. The number of azo groups is 1. The zero-order chi connectivity index (χ0) is 14.7. The van der Waals surface area contributed by atoms with Gasteiger partial charge >= 0.3 is 0 Å². The predicted octanol–water partition coefficient (Wildman–Crippen LogP) is 5.75. The second-order valence-corrected chi connectivity index (χ2v) is 5.64. The molecular formula is C16H17BrN2O. The van der Waals surface area contributed by atoms with Crippen LogP contribution in [0.3, 0.4) is 0 Å². The molecule has 0 bridgehead atoms. The highest BCUT2D eigenvalue weighted by Crippen LogP contribution is 2.36. The lowest BCUT2D eigenvalue weighted by molar-refractivity contribution is 0.473. The number of hydrogen-bond acceptors (Lipinski definition) is 3. The van der Waals surface area contributed by atoms with Gasteiger partial charge in [-0.3, -0.25) is 0 Å². The van der Waals surface area contributed by atoms with Crippen LogP contribution in [0.25, 0.3) is 0 Å². The third-order valence-electron chi connectivity index (χ3n) is 3.13. The van der Waals surface area contributed by atoms with Gasteiger partial charge in [-0.25, -0.2) is 0 Å². The summed E-state index contributed by atoms with van der Waals surface area (Å²) in [7, 11) is 0. The van der Waals surface area contributed by atoms with Crippen LogP contribution in [0, 0.1) is 13.8 Å². The number of halogens is 1. The molecule has 0 aliphatic carbocycles. The number of hydrogen-bond donors (Lipinski definition) is 1. The van der Waals surface area contributed by atoms with Crippen molar-refractivity contribution in [3.05, 3.63) is 51.5 Å². The molecule has 2 rings (SSSR count). The van der Waals surface area contributed by atoms with Gasteiger partial charge in [0.1, 0.15) is 5.69 Å². The van der Waals surface area contributed by atoms with Gasteiger partial charge in [-0.05, 0) is 65.5 Å². The summed E-state index contributed by atoms with van der Waals surface area (Å²) in [6.45, 7) is 6.10. The molecule has 0 fully saturated rings. The predicted molar refractivity (Wildman–Crippen MR) is 85.3 cm³/mol. The average molecular weight is 333 g/mol. The van der Waals surface area contributed by atoms with Crippen LogP contribution in [0.15, 0.2) is 45.0 Å². The van der Waals surface area contributed by atoms with E-state index in [0.29, 0.717) is 10.2 Å². The number of phenolic OH excluding ortho intramolecular Hbond substituents is 1. The van der Waals surface area contributed by atoms with Crippen molar-refractivity contribution in [1.29, 1.82) is 0 Å². The van der Waals surface area contributed by atoms with Gasteiger partial charge in [-0.1, -0.05) is 24.6 Å². The topological polar surface area (TPSA) is 45.0 Å². The van der Waals surface area contributed by atoms with Crippen LogP contribution in [0.4, 0.5) is 11.4 Å². The molecule has 0 saturated carbocycles. The second-order valence-electron chi connectivity index (χ2n) is 4.79. The SMILES string of the molecule is CCc1cc(Br)c(O)c(N=Nc2ccc(C)cc2C)c1. The van der Waals surface area contributed by atoms with Crippen molar-refractivity contribution >= 4 is 27.3 Å². The Labute approximate surface area is 127 Å². The van der Waals surface area contributed by atoms with Crippen LogP contribution >= 0.6 is 15.9 Å². The number of phenols is 1. The molecule has 0 saturated heterocycles. The summed E-state index contributed by atoms with van der Waals surface area (Å²) in [6.07, 6.45) is 0.880. The van der Waals surface area contributed by atoms with E-state index in [-0.39, 0.29) is 5.75 Å². The van der Waals surface area contributed by atoms with E-state index in [4.69, 9.17) is 0 Å². The van der Waals surface area contributed by atoms with Crippen molar-refractivity contribution in [3.8, 4) is 5.75 Å². The quantitative estimate of drug-likeness (QED) is 0.714. The van der Waals surface area contributed by atoms with Crippen LogP contribution in [0.5, 0.6) is 5.75 Å². The van der Waals surface area contributed by atoms with Crippen molar-refractivity contribution in [2.45, 2.75) is 27.2 Å². The summed E-state index contributed by atoms with van der Waals surface area (Å²) in [5.41, 5.74) is 4.66. The van der Waals surface area contributed by atoms with Gasteiger partial charge in [0.25, 0.3) is 0 Å². The Morgan fingerprint density at radius 1 is 1.05 bits per heavy atom. The van der Waals surface area contributed by atoms with Crippen LogP contribution in [0.1, 0.15) is 23.6 Å². The summed E-state index contributed by atoms with van der Waals surface area (Å²) in [4.78, 5) is 0. The smallest absolute Gasteiger partial charge is 0.157 e. The number of rotatable bonds is 3. The monoisotopic (exact) mass is 332 g/mol. The zero-order valence-electron chi connectivity index (χ0n) is 11.8. The van der Waals surface area contributed by atoms with Gasteiger partial charge in [0, 0.05) is 0 Å². The molecule has 0 unspecified atom stereocenters. The fraction of sp³-hybridized carbons (Fsp3) is 0.250. The summed E-state index contributed by atoms with van der Waals surface area (Å²) in [5.74, 6) is 0.121. The standard InChI is InChI=1S/C16H17BrN2O/c1-4-12-8-13(17)16(20)15(9-12)19-18-14-6-5-10(2)7-11(14)3/h5-9,20H,4H2,1-3H3. The first-order valence-electron chi connectivity index (χ1n) is 6.51. The molecular weight excluding hydrogens is 316 g/mol. The molecule has 0 aliphatic rings. The third kappa shape index (κ3) is 3.25. The Bertz CT molecular complexity index is 666. The van der Waals surface area contributed by atoms with Crippen LogP contribution < -0.4 is 0 Å². The minimum Gasteiger partial charge on any atom is -0.505 e. The maximum absolute atomic E-state index is 10.0. The largest absolute Gasteiger partial charge is 0.505 e. The fourth-order valence-corrected chi connectivity index (χ4v) is 2.44. The molecule has 2 aromatic rings. The summed E-state index contributed by atoms with van der Waals surface area (Å²) in [6, 6.07) is 9.74. The van der Waals surface area contributed by atoms with Crippen molar-refractivity contribution in [3.63, 3.8) is 0 Å². The second kappa shape index (κ2) is 6.18. The van der Waals surface area contributed by atoms with E-state index in [9.17, 15) is 5.11 Å². The highest BCUT2D eigenvalue weighted by Gasteiger charge is 2.07. The first-order valence-corrected chi connectivity index (χ1v) is 7.31. The molecule has 2 aromatic carbocycles. The van der Waals surface area contributed by atoms with Gasteiger partial charge in [0.15, 0.2) is 5.75 Å². The molecule has 0 amide bonds. The minimum atomic E-state index is 0.121. The molecule has 0 spiro atoms. The van der Waals surface area contributed by atoms with Gasteiger partial charge < -0.3 is 5.11 Å². The van der Waals surface area contributed by atoms with Gasteiger partial charge in [-0.2, -0.15) is 5.11 Å². The molecule has 1 N–H and O–H groups in total. The average Bonchev–Trinajstić information content (AvgIpc) is 2.41. The van der Waals surface area contributed by atoms with E-state index in [2.05, 4.69) is 39.1 Å². The van der Waals surface area contributed by atoms with Crippen LogP contribution in [-0.4, -0.2) is 5.11 Å². The fourth-order valence-electron chi connectivity index (χ4n) is 1.94. The molecule has 0 heterocycles. The summed E-state index contributed by atoms with van der Waals surface area (Å²) < 4.78 is 0.645. The van der Waals surface area contributed by atoms with Crippen LogP contribution in [0.2, 0.25) is 0 Å². The van der Waals surface area contributed by atoms with Crippen molar-refractivity contribution in [1.82, 2.24) is 0 Å². The lowest BCUT2D eigenvalue weighted by atomic mass is 10.1. The Balaban J connectivity index is 2.38. The molecule has 0 radical (unpaired) electrons. The zero-order valence-corrected chi connectivity index (χ0v) is 13.4.